The molecule has 2 aromatic carbocycles. The summed E-state index contributed by atoms with van der Waals surface area (Å²) in [5.74, 6) is -0.0281. The first kappa shape index (κ1) is 23.6. The summed E-state index contributed by atoms with van der Waals surface area (Å²) in [7, 11) is 0.725. The van der Waals surface area contributed by atoms with Crippen LogP contribution in [0.1, 0.15) is 17.3 Å². The van der Waals surface area contributed by atoms with Crippen molar-refractivity contribution in [3.63, 3.8) is 0 Å². The van der Waals surface area contributed by atoms with Crippen LogP contribution in [0, 0.1) is 5.82 Å². The Labute approximate surface area is 188 Å². The molecule has 32 heavy (non-hydrogen) atoms. The number of carbonyl (C=O) groups is 1. The summed E-state index contributed by atoms with van der Waals surface area (Å²) in [5, 5.41) is 0. The molecule has 0 saturated carbocycles. The molecule has 0 radical (unpaired) electrons. The van der Waals surface area contributed by atoms with E-state index in [2.05, 4.69) is 4.90 Å². The first-order valence-corrected chi connectivity index (χ1v) is 11.8. The van der Waals surface area contributed by atoms with Gasteiger partial charge in [0.2, 0.25) is 10.0 Å². The number of hydrogen-bond donors (Lipinski definition) is 0. The van der Waals surface area contributed by atoms with Crippen LogP contribution < -0.4 is 18.7 Å². The van der Waals surface area contributed by atoms with Crippen molar-refractivity contribution in [2.45, 2.75) is 6.92 Å². The van der Waals surface area contributed by atoms with E-state index >= 15 is 0 Å². The maximum Gasteiger partial charge on any atom is 0.256 e. The Balaban J connectivity index is 1.89. The molecule has 0 bridgehead atoms. The van der Waals surface area contributed by atoms with Gasteiger partial charge in [0, 0.05) is 45.0 Å². The summed E-state index contributed by atoms with van der Waals surface area (Å²) < 4.78 is 50.0. The Bertz CT molecular complexity index is 1070. The molecular formula is C22H28FN3O5S. The molecule has 0 spiro atoms. The number of benzene rings is 2. The molecule has 1 aliphatic heterocycles. The largest absolute Gasteiger partial charge is 0.493 e. The molecule has 1 heterocycles. The predicted molar refractivity (Wildman–Crippen MR) is 122 cm³/mol. The van der Waals surface area contributed by atoms with Crippen LogP contribution in [-0.4, -0.2) is 72.4 Å². The van der Waals surface area contributed by atoms with Crippen molar-refractivity contribution < 1.29 is 27.1 Å². The Morgan fingerprint density at radius 3 is 2.12 bits per heavy atom. The number of carbonyl (C=O) groups excluding carboxylic acids is 1. The summed E-state index contributed by atoms with van der Waals surface area (Å²) >= 11 is 0. The third-order valence-electron chi connectivity index (χ3n) is 5.61. The van der Waals surface area contributed by atoms with Crippen LogP contribution in [0.2, 0.25) is 0 Å². The molecule has 0 aliphatic carbocycles. The quantitative estimate of drug-likeness (QED) is 0.626. The van der Waals surface area contributed by atoms with Gasteiger partial charge in [-0.05, 0) is 37.3 Å². The van der Waals surface area contributed by atoms with Gasteiger partial charge in [-0.1, -0.05) is 0 Å². The molecule has 0 atom stereocenters. The molecule has 1 amide bonds. The minimum atomic E-state index is -3.60. The zero-order chi connectivity index (χ0) is 23.5. The topological polar surface area (TPSA) is 79.4 Å². The van der Waals surface area contributed by atoms with Gasteiger partial charge in [0.15, 0.2) is 11.5 Å². The van der Waals surface area contributed by atoms with Gasteiger partial charge >= 0.3 is 0 Å². The van der Waals surface area contributed by atoms with Crippen LogP contribution in [0.15, 0.2) is 36.4 Å². The second kappa shape index (κ2) is 9.64. The SMILES string of the molecule is CCS(=O)(=O)N(C)c1cc(OC)c(OC)cc1C(=O)N1CCN(c2ccc(F)cc2)CC1. The van der Waals surface area contributed by atoms with Crippen molar-refractivity contribution in [1.82, 2.24) is 4.90 Å². The van der Waals surface area contributed by atoms with Crippen molar-refractivity contribution in [1.29, 1.82) is 0 Å². The highest BCUT2D eigenvalue weighted by molar-refractivity contribution is 7.92. The number of ether oxygens (including phenoxy) is 2. The fourth-order valence-electron chi connectivity index (χ4n) is 3.63. The molecular weight excluding hydrogens is 437 g/mol. The summed E-state index contributed by atoms with van der Waals surface area (Å²) in [4.78, 5) is 17.2. The first-order chi connectivity index (χ1) is 15.2. The van der Waals surface area contributed by atoms with Gasteiger partial charge in [-0.25, -0.2) is 12.8 Å². The minimum absolute atomic E-state index is 0.109. The Morgan fingerprint density at radius 1 is 1.03 bits per heavy atom. The van der Waals surface area contributed by atoms with Gasteiger partial charge in [0.25, 0.3) is 5.91 Å². The fourth-order valence-corrected chi connectivity index (χ4v) is 4.47. The number of rotatable bonds is 7. The van der Waals surface area contributed by atoms with E-state index in [9.17, 15) is 17.6 Å². The highest BCUT2D eigenvalue weighted by atomic mass is 32.2. The standard InChI is InChI=1S/C22H28FN3O5S/c1-5-32(28,29)24(2)19-15-21(31-4)20(30-3)14-18(19)22(27)26-12-10-25(11-13-26)17-8-6-16(23)7-9-17/h6-9,14-15H,5,10-13H2,1-4H3. The molecule has 10 heteroatoms. The zero-order valence-electron chi connectivity index (χ0n) is 18.7. The second-order valence-corrected chi connectivity index (χ2v) is 9.64. The number of halogens is 1. The van der Waals surface area contributed by atoms with Crippen LogP contribution in [0.25, 0.3) is 0 Å². The lowest BCUT2D eigenvalue weighted by atomic mass is 10.1. The number of anilines is 2. The van der Waals surface area contributed by atoms with Crippen LogP contribution >= 0.6 is 0 Å². The molecule has 0 unspecified atom stereocenters. The van der Waals surface area contributed by atoms with Crippen LogP contribution in [0.4, 0.5) is 15.8 Å². The summed E-state index contributed by atoms with van der Waals surface area (Å²) in [6, 6.07) is 9.27. The molecule has 0 aromatic heterocycles. The van der Waals surface area contributed by atoms with Gasteiger partial charge in [-0.3, -0.25) is 9.10 Å². The van der Waals surface area contributed by atoms with Gasteiger partial charge in [0.1, 0.15) is 5.82 Å². The third kappa shape index (κ3) is 4.74. The smallest absolute Gasteiger partial charge is 0.256 e. The average molecular weight is 466 g/mol. The lowest BCUT2D eigenvalue weighted by Crippen LogP contribution is -2.49. The number of amides is 1. The molecule has 8 nitrogen and oxygen atoms in total. The molecule has 1 saturated heterocycles. The van der Waals surface area contributed by atoms with Crippen LogP contribution in [0.5, 0.6) is 11.5 Å². The van der Waals surface area contributed by atoms with Crippen LogP contribution in [-0.2, 0) is 10.0 Å². The Morgan fingerprint density at radius 2 is 1.59 bits per heavy atom. The third-order valence-corrected chi connectivity index (χ3v) is 7.37. The predicted octanol–water partition coefficient (Wildman–Crippen LogP) is 2.59. The van der Waals surface area contributed by atoms with Crippen molar-refractivity contribution >= 4 is 27.3 Å². The molecule has 3 rings (SSSR count). The minimum Gasteiger partial charge on any atom is -0.493 e. The summed E-state index contributed by atoms with van der Waals surface area (Å²) in [6.45, 7) is 3.57. The highest BCUT2D eigenvalue weighted by Crippen LogP contribution is 2.36. The van der Waals surface area contributed by atoms with E-state index in [-0.39, 0.29) is 28.7 Å². The van der Waals surface area contributed by atoms with Gasteiger partial charge in [-0.15, -0.1) is 0 Å². The lowest BCUT2D eigenvalue weighted by molar-refractivity contribution is 0.0747. The van der Waals surface area contributed by atoms with E-state index in [1.807, 2.05) is 0 Å². The molecule has 2 aromatic rings. The van der Waals surface area contributed by atoms with E-state index in [4.69, 9.17) is 9.47 Å². The normalized spacial score (nSPS) is 14.3. The number of hydrogen-bond acceptors (Lipinski definition) is 6. The number of piperazine rings is 1. The Kier molecular flexibility index (Phi) is 7.12. The highest BCUT2D eigenvalue weighted by Gasteiger charge is 2.29. The number of sulfonamides is 1. The van der Waals surface area contributed by atoms with Gasteiger partial charge < -0.3 is 19.3 Å². The van der Waals surface area contributed by atoms with Gasteiger partial charge in [-0.2, -0.15) is 0 Å². The first-order valence-electron chi connectivity index (χ1n) is 10.2. The average Bonchev–Trinajstić information content (AvgIpc) is 2.82. The van der Waals surface area contributed by atoms with E-state index in [0.29, 0.717) is 37.7 Å². The van der Waals surface area contributed by atoms with Crippen molar-refractivity contribution in [3.05, 3.63) is 47.8 Å². The summed E-state index contributed by atoms with van der Waals surface area (Å²) in [6.07, 6.45) is 0. The fraction of sp³-hybridized carbons (Fsp3) is 0.409. The summed E-state index contributed by atoms with van der Waals surface area (Å²) in [5.41, 5.74) is 1.34. The van der Waals surface area contributed by atoms with Crippen molar-refractivity contribution in [2.24, 2.45) is 0 Å². The number of nitrogens with zero attached hydrogens (tertiary/aromatic N) is 3. The number of methoxy groups -OCH3 is 2. The van der Waals surface area contributed by atoms with Crippen LogP contribution in [0.3, 0.4) is 0 Å². The maximum absolute atomic E-state index is 13.4. The van der Waals surface area contributed by atoms with E-state index in [1.54, 1.807) is 24.0 Å². The van der Waals surface area contributed by atoms with Gasteiger partial charge in [0.05, 0.1) is 31.2 Å². The lowest BCUT2D eigenvalue weighted by Gasteiger charge is -2.36. The van der Waals surface area contributed by atoms with E-state index < -0.39 is 10.0 Å². The molecule has 1 aliphatic rings. The van der Waals surface area contributed by atoms with Crippen molar-refractivity contribution in [3.8, 4) is 11.5 Å². The van der Waals surface area contributed by atoms with E-state index in [1.165, 1.54) is 45.5 Å². The monoisotopic (exact) mass is 465 g/mol. The molecule has 0 N–H and O–H groups in total. The van der Waals surface area contributed by atoms with E-state index in [0.717, 1.165) is 9.99 Å². The second-order valence-electron chi connectivity index (χ2n) is 7.35. The molecule has 1 fully saturated rings. The Hall–Kier alpha value is -3.01. The zero-order valence-corrected chi connectivity index (χ0v) is 19.5. The molecule has 174 valence electrons. The maximum atomic E-state index is 13.4. The van der Waals surface area contributed by atoms with Crippen molar-refractivity contribution in [2.75, 3.05) is 62.4 Å².